The summed E-state index contributed by atoms with van der Waals surface area (Å²) < 4.78 is 0. The van der Waals surface area contributed by atoms with Crippen LogP contribution < -0.4 is 0 Å². The molecule has 4 nitrogen and oxygen atoms in total. The van der Waals surface area contributed by atoms with E-state index in [2.05, 4.69) is 11.3 Å². The summed E-state index contributed by atoms with van der Waals surface area (Å²) in [7, 11) is 0. The average Bonchev–Trinajstić information content (AvgIpc) is 2.48. The lowest BCUT2D eigenvalue weighted by atomic mass is 10.0. The van der Waals surface area contributed by atoms with Gasteiger partial charge in [0.2, 0.25) is 0 Å². The molecule has 0 saturated carbocycles. The van der Waals surface area contributed by atoms with Crippen LogP contribution in [0, 0.1) is 21.4 Å². The third-order valence-electron chi connectivity index (χ3n) is 2.67. The van der Waals surface area contributed by atoms with E-state index in [-0.39, 0.29) is 22.6 Å². The van der Waals surface area contributed by atoms with Gasteiger partial charge in [-0.05, 0) is 29.7 Å². The van der Waals surface area contributed by atoms with E-state index in [0.29, 0.717) is 5.56 Å². The van der Waals surface area contributed by atoms with Crippen molar-refractivity contribution in [2.45, 2.75) is 0 Å². The molecule has 2 rings (SSSR count). The third kappa shape index (κ3) is 2.85. The van der Waals surface area contributed by atoms with Gasteiger partial charge < -0.3 is 0 Å². The molecule has 0 saturated heterocycles. The van der Waals surface area contributed by atoms with E-state index in [0.717, 1.165) is 0 Å². The van der Waals surface area contributed by atoms with Crippen LogP contribution in [0.4, 0.5) is 5.69 Å². The molecule has 0 amide bonds. The lowest BCUT2D eigenvalue weighted by molar-refractivity contribution is -0.385. The molecule has 2 aromatic rings. The van der Waals surface area contributed by atoms with Crippen molar-refractivity contribution in [3.63, 3.8) is 0 Å². The molecule has 0 spiro atoms. The summed E-state index contributed by atoms with van der Waals surface area (Å²) in [4.78, 5) is 22.6. The second-order valence-electron chi connectivity index (χ2n) is 3.90. The van der Waals surface area contributed by atoms with E-state index in [1.807, 2.05) is 0 Å². The van der Waals surface area contributed by atoms with E-state index in [1.165, 1.54) is 18.2 Å². The molecule has 0 aromatic heterocycles. The number of nitrogens with zero attached hydrogens (tertiary/aromatic N) is 1. The first kappa shape index (κ1) is 13.8. The topological polar surface area (TPSA) is 60.2 Å². The van der Waals surface area contributed by atoms with Crippen molar-refractivity contribution >= 4 is 23.1 Å². The average molecular weight is 286 g/mol. The van der Waals surface area contributed by atoms with Crippen LogP contribution in [0.15, 0.2) is 48.5 Å². The lowest BCUT2D eigenvalue weighted by Gasteiger charge is -2.02. The van der Waals surface area contributed by atoms with Gasteiger partial charge in [0.25, 0.3) is 5.69 Å². The van der Waals surface area contributed by atoms with Crippen molar-refractivity contribution in [3.05, 3.63) is 75.3 Å². The quantitative estimate of drug-likeness (QED) is 0.376. The number of carbonyl (C=O) groups excluding carboxylic acids is 1. The third-order valence-corrected chi connectivity index (χ3v) is 2.77. The smallest absolute Gasteiger partial charge is 0.285 e. The van der Waals surface area contributed by atoms with Gasteiger partial charge in [-0.15, -0.1) is 0 Å². The van der Waals surface area contributed by atoms with Gasteiger partial charge in [-0.2, -0.15) is 0 Å². The van der Waals surface area contributed by atoms with Crippen molar-refractivity contribution in [2.75, 3.05) is 0 Å². The maximum absolute atomic E-state index is 12.2. The molecule has 0 aliphatic heterocycles. The van der Waals surface area contributed by atoms with Crippen molar-refractivity contribution in [3.8, 4) is 11.3 Å². The van der Waals surface area contributed by atoms with Gasteiger partial charge in [0, 0.05) is 22.6 Å². The molecule has 0 atom stereocenters. The van der Waals surface area contributed by atoms with Crippen LogP contribution in [-0.2, 0) is 0 Å². The van der Waals surface area contributed by atoms with Crippen LogP contribution in [0.1, 0.15) is 21.5 Å². The Labute approximate surface area is 120 Å². The van der Waals surface area contributed by atoms with Gasteiger partial charge >= 0.3 is 0 Å². The van der Waals surface area contributed by atoms with Crippen molar-refractivity contribution in [2.24, 2.45) is 0 Å². The molecule has 0 aliphatic carbocycles. The van der Waals surface area contributed by atoms with Crippen LogP contribution in [-0.4, -0.2) is 10.7 Å². The number of rotatable bonds is 3. The van der Waals surface area contributed by atoms with Crippen molar-refractivity contribution in [1.29, 1.82) is 0 Å². The summed E-state index contributed by atoms with van der Waals surface area (Å²) in [5.41, 5.74) is 0.649. The fourth-order valence-corrected chi connectivity index (χ4v) is 1.84. The van der Waals surface area contributed by atoms with Crippen LogP contribution in [0.25, 0.3) is 0 Å². The zero-order valence-electron chi connectivity index (χ0n) is 10.2. The monoisotopic (exact) mass is 285 g/mol. The van der Waals surface area contributed by atoms with Crippen molar-refractivity contribution in [1.82, 2.24) is 0 Å². The van der Waals surface area contributed by atoms with E-state index < -0.39 is 4.92 Å². The van der Waals surface area contributed by atoms with Crippen LogP contribution in [0.2, 0.25) is 0 Å². The van der Waals surface area contributed by atoms with E-state index in [9.17, 15) is 14.9 Å². The Morgan fingerprint density at radius 3 is 2.40 bits per heavy atom. The molecule has 5 heteroatoms. The standard InChI is InChI=1S/C15H8ClNO3/c16-9-8-11-6-7-13(10-14(11)17(19)20)15(18)12-4-2-1-3-5-12/h1-7,10H. The summed E-state index contributed by atoms with van der Waals surface area (Å²) >= 11 is 5.26. The van der Waals surface area contributed by atoms with E-state index in [1.54, 1.807) is 30.3 Å². The Bertz CT molecular complexity index is 730. The number of nitro benzene ring substituents is 1. The molecule has 0 radical (unpaired) electrons. The molecule has 0 N–H and O–H groups in total. The second kappa shape index (κ2) is 6.00. The zero-order valence-corrected chi connectivity index (χ0v) is 10.9. The molecular weight excluding hydrogens is 278 g/mol. The molecule has 0 aliphatic rings. The van der Waals surface area contributed by atoms with E-state index in [4.69, 9.17) is 11.6 Å². The summed E-state index contributed by atoms with van der Waals surface area (Å²) in [5, 5.41) is 13.1. The van der Waals surface area contributed by atoms with Gasteiger partial charge in [-0.1, -0.05) is 30.3 Å². The number of hydrogen-bond acceptors (Lipinski definition) is 3. The summed E-state index contributed by atoms with van der Waals surface area (Å²) in [5.74, 6) is 2.15. The minimum atomic E-state index is -0.585. The highest BCUT2D eigenvalue weighted by Crippen LogP contribution is 2.21. The number of ketones is 1. The SMILES string of the molecule is O=C(c1ccccc1)c1ccc(C#CCl)c([N+](=O)[O-])c1. The Balaban J connectivity index is 2.48. The number of carbonyl (C=O) groups is 1. The number of halogens is 1. The molecular formula is C15H8ClNO3. The first-order chi connectivity index (χ1) is 9.63. The van der Waals surface area contributed by atoms with Crippen LogP contribution in [0.3, 0.4) is 0 Å². The minimum absolute atomic E-state index is 0.176. The number of hydrogen-bond donors (Lipinski definition) is 0. The van der Waals surface area contributed by atoms with Gasteiger partial charge in [0.15, 0.2) is 5.78 Å². The highest BCUT2D eigenvalue weighted by molar-refractivity contribution is 6.30. The van der Waals surface area contributed by atoms with Gasteiger partial charge in [-0.25, -0.2) is 0 Å². The van der Waals surface area contributed by atoms with Gasteiger partial charge in [0.1, 0.15) is 5.56 Å². The van der Waals surface area contributed by atoms with Gasteiger partial charge in [-0.3, -0.25) is 14.9 Å². The van der Waals surface area contributed by atoms with Crippen LogP contribution in [0.5, 0.6) is 0 Å². The predicted octanol–water partition coefficient (Wildman–Crippen LogP) is 3.37. The first-order valence-electron chi connectivity index (χ1n) is 5.63. The molecule has 98 valence electrons. The summed E-state index contributed by atoms with van der Waals surface area (Å²) in [6.45, 7) is 0. The fraction of sp³-hybridized carbons (Fsp3) is 0. The maximum Gasteiger partial charge on any atom is 0.285 e. The lowest BCUT2D eigenvalue weighted by Crippen LogP contribution is -2.03. The second-order valence-corrected chi connectivity index (χ2v) is 4.09. The summed E-state index contributed by atoms with van der Waals surface area (Å²) in [6.07, 6.45) is 0. The predicted molar refractivity (Wildman–Crippen MR) is 75.7 cm³/mol. The fourth-order valence-electron chi connectivity index (χ4n) is 1.74. The normalized spacial score (nSPS) is 9.45. The minimum Gasteiger partial charge on any atom is -0.289 e. The zero-order chi connectivity index (χ0) is 14.5. The molecule has 0 heterocycles. The van der Waals surface area contributed by atoms with Gasteiger partial charge in [0.05, 0.1) is 4.92 Å². The molecule has 20 heavy (non-hydrogen) atoms. The highest BCUT2D eigenvalue weighted by Gasteiger charge is 2.17. The Hall–Kier alpha value is -2.64. The number of nitro groups is 1. The summed E-state index contributed by atoms with van der Waals surface area (Å²) in [6, 6.07) is 12.7. The highest BCUT2D eigenvalue weighted by atomic mass is 35.5. The molecule has 0 unspecified atom stereocenters. The van der Waals surface area contributed by atoms with E-state index >= 15 is 0 Å². The molecule has 0 bridgehead atoms. The number of benzene rings is 2. The maximum atomic E-state index is 12.2. The largest absolute Gasteiger partial charge is 0.289 e. The van der Waals surface area contributed by atoms with Crippen LogP contribution >= 0.6 is 11.6 Å². The van der Waals surface area contributed by atoms with Crippen molar-refractivity contribution < 1.29 is 9.72 Å². The molecule has 0 fully saturated rings. The first-order valence-corrected chi connectivity index (χ1v) is 6.01. The Kier molecular flexibility index (Phi) is 4.14. The Morgan fingerprint density at radius 1 is 1.10 bits per heavy atom. The molecule has 2 aromatic carbocycles. The Morgan fingerprint density at radius 2 is 1.80 bits per heavy atom.